The van der Waals surface area contributed by atoms with Crippen LogP contribution >= 0.6 is 0 Å². The Labute approximate surface area is 76.1 Å². The van der Waals surface area contributed by atoms with Gasteiger partial charge in [-0.1, -0.05) is 13.3 Å². The Morgan fingerprint density at radius 1 is 1.42 bits per heavy atom. The third-order valence-corrected chi connectivity index (χ3v) is 2.99. The van der Waals surface area contributed by atoms with E-state index in [1.165, 1.54) is 38.8 Å². The molecule has 12 heavy (non-hydrogen) atoms. The highest BCUT2D eigenvalue weighted by Gasteiger charge is 2.21. The summed E-state index contributed by atoms with van der Waals surface area (Å²) in [4.78, 5) is 2.40. The van der Waals surface area contributed by atoms with Crippen molar-refractivity contribution in [2.24, 2.45) is 11.7 Å². The Balaban J connectivity index is 2.24. The number of nitrogens with zero attached hydrogens (tertiary/aromatic N) is 1. The normalized spacial score (nSPS) is 24.2. The van der Waals surface area contributed by atoms with Crippen LogP contribution in [0.25, 0.3) is 0 Å². The van der Waals surface area contributed by atoms with Crippen molar-refractivity contribution in [2.75, 3.05) is 20.1 Å². The van der Waals surface area contributed by atoms with Gasteiger partial charge in [0.15, 0.2) is 0 Å². The van der Waals surface area contributed by atoms with Gasteiger partial charge in [0.05, 0.1) is 0 Å². The standard InChI is InChI=1S/C10H22N2/c1-3-4-10(11)9-5-7-12(2)8-6-9/h9-10H,3-8,11H2,1-2H3. The fourth-order valence-corrected chi connectivity index (χ4v) is 2.03. The monoisotopic (exact) mass is 170 g/mol. The smallest absolute Gasteiger partial charge is 0.00680 e. The summed E-state index contributed by atoms with van der Waals surface area (Å²) >= 11 is 0. The van der Waals surface area contributed by atoms with Gasteiger partial charge in [-0.25, -0.2) is 0 Å². The van der Waals surface area contributed by atoms with Gasteiger partial charge in [-0.15, -0.1) is 0 Å². The zero-order valence-electron chi connectivity index (χ0n) is 8.42. The van der Waals surface area contributed by atoms with Crippen LogP contribution in [0.2, 0.25) is 0 Å². The molecule has 1 rings (SSSR count). The van der Waals surface area contributed by atoms with E-state index < -0.39 is 0 Å². The van der Waals surface area contributed by atoms with Gasteiger partial charge in [0.2, 0.25) is 0 Å². The average molecular weight is 170 g/mol. The second kappa shape index (κ2) is 4.83. The topological polar surface area (TPSA) is 29.3 Å². The number of nitrogens with two attached hydrogens (primary N) is 1. The van der Waals surface area contributed by atoms with E-state index in [0.717, 1.165) is 5.92 Å². The quantitative estimate of drug-likeness (QED) is 0.694. The Bertz CT molecular complexity index is 117. The van der Waals surface area contributed by atoms with Gasteiger partial charge in [0.25, 0.3) is 0 Å². The zero-order chi connectivity index (χ0) is 8.97. The molecule has 0 amide bonds. The predicted molar refractivity (Wildman–Crippen MR) is 53.1 cm³/mol. The van der Waals surface area contributed by atoms with Crippen molar-refractivity contribution in [2.45, 2.75) is 38.6 Å². The first-order chi connectivity index (χ1) is 5.74. The van der Waals surface area contributed by atoms with Crippen LogP contribution < -0.4 is 5.73 Å². The third-order valence-electron chi connectivity index (χ3n) is 2.99. The summed E-state index contributed by atoms with van der Waals surface area (Å²) in [5.74, 6) is 0.793. The largest absolute Gasteiger partial charge is 0.327 e. The molecule has 1 fully saturated rings. The highest BCUT2D eigenvalue weighted by molar-refractivity contribution is 4.78. The van der Waals surface area contributed by atoms with Crippen LogP contribution in [-0.4, -0.2) is 31.1 Å². The van der Waals surface area contributed by atoms with Crippen LogP contribution in [-0.2, 0) is 0 Å². The van der Waals surface area contributed by atoms with Crippen LogP contribution in [0.15, 0.2) is 0 Å². The number of piperidine rings is 1. The van der Waals surface area contributed by atoms with Crippen molar-refractivity contribution in [1.82, 2.24) is 4.90 Å². The molecular formula is C10H22N2. The zero-order valence-corrected chi connectivity index (χ0v) is 8.42. The Hall–Kier alpha value is -0.0800. The molecule has 1 aliphatic heterocycles. The van der Waals surface area contributed by atoms with Crippen molar-refractivity contribution >= 4 is 0 Å². The summed E-state index contributed by atoms with van der Waals surface area (Å²) in [7, 11) is 2.20. The maximum Gasteiger partial charge on any atom is 0.00680 e. The molecule has 1 atom stereocenters. The number of likely N-dealkylation sites (tertiary alicyclic amines) is 1. The summed E-state index contributed by atoms with van der Waals surface area (Å²) < 4.78 is 0. The first-order valence-corrected chi connectivity index (χ1v) is 5.18. The molecule has 0 aliphatic carbocycles. The molecule has 0 bridgehead atoms. The summed E-state index contributed by atoms with van der Waals surface area (Å²) in [6, 6.07) is 0.462. The van der Waals surface area contributed by atoms with Gasteiger partial charge in [-0.3, -0.25) is 0 Å². The van der Waals surface area contributed by atoms with Gasteiger partial charge in [-0.2, -0.15) is 0 Å². The molecule has 2 heteroatoms. The molecule has 2 nitrogen and oxygen atoms in total. The van der Waals surface area contributed by atoms with E-state index in [1.807, 2.05) is 0 Å². The number of hydrogen-bond donors (Lipinski definition) is 1. The van der Waals surface area contributed by atoms with Gasteiger partial charge in [0, 0.05) is 6.04 Å². The van der Waals surface area contributed by atoms with E-state index in [9.17, 15) is 0 Å². The van der Waals surface area contributed by atoms with E-state index in [0.29, 0.717) is 6.04 Å². The van der Waals surface area contributed by atoms with Crippen LogP contribution in [0, 0.1) is 5.92 Å². The summed E-state index contributed by atoms with van der Waals surface area (Å²) in [6.07, 6.45) is 5.04. The highest BCUT2D eigenvalue weighted by Crippen LogP contribution is 2.20. The number of hydrogen-bond acceptors (Lipinski definition) is 2. The first kappa shape index (κ1) is 10.0. The summed E-state index contributed by atoms with van der Waals surface area (Å²) in [6.45, 7) is 4.69. The molecule has 0 radical (unpaired) electrons. The van der Waals surface area contributed by atoms with Crippen molar-refractivity contribution in [1.29, 1.82) is 0 Å². The maximum absolute atomic E-state index is 6.09. The molecule has 72 valence electrons. The molecule has 0 saturated carbocycles. The van der Waals surface area contributed by atoms with E-state index >= 15 is 0 Å². The maximum atomic E-state index is 6.09. The Morgan fingerprint density at radius 2 is 2.00 bits per heavy atom. The van der Waals surface area contributed by atoms with E-state index in [4.69, 9.17) is 5.73 Å². The fourth-order valence-electron chi connectivity index (χ4n) is 2.03. The van der Waals surface area contributed by atoms with Gasteiger partial charge >= 0.3 is 0 Å². The van der Waals surface area contributed by atoms with Crippen LogP contribution in [0.3, 0.4) is 0 Å². The lowest BCUT2D eigenvalue weighted by atomic mass is 9.88. The van der Waals surface area contributed by atoms with Crippen LogP contribution in [0.4, 0.5) is 0 Å². The van der Waals surface area contributed by atoms with Gasteiger partial charge in [0.1, 0.15) is 0 Å². The minimum atomic E-state index is 0.462. The highest BCUT2D eigenvalue weighted by atomic mass is 15.1. The molecular weight excluding hydrogens is 148 g/mol. The first-order valence-electron chi connectivity index (χ1n) is 5.18. The lowest BCUT2D eigenvalue weighted by Gasteiger charge is -2.32. The molecule has 1 aliphatic rings. The lowest BCUT2D eigenvalue weighted by Crippen LogP contribution is -2.39. The fraction of sp³-hybridized carbons (Fsp3) is 1.00. The molecule has 1 unspecified atom stereocenters. The molecule has 2 N–H and O–H groups in total. The van der Waals surface area contributed by atoms with Crippen molar-refractivity contribution in [3.05, 3.63) is 0 Å². The molecule has 0 aromatic carbocycles. The van der Waals surface area contributed by atoms with Crippen LogP contribution in [0.5, 0.6) is 0 Å². The second-order valence-corrected chi connectivity index (χ2v) is 4.09. The summed E-state index contributed by atoms with van der Waals surface area (Å²) in [5, 5.41) is 0. The predicted octanol–water partition coefficient (Wildman–Crippen LogP) is 1.46. The SMILES string of the molecule is CCCC(N)C1CCN(C)CC1. The summed E-state index contributed by atoms with van der Waals surface area (Å²) in [5.41, 5.74) is 6.09. The number of rotatable bonds is 3. The minimum absolute atomic E-state index is 0.462. The van der Waals surface area contributed by atoms with Gasteiger partial charge < -0.3 is 10.6 Å². The van der Waals surface area contributed by atoms with Gasteiger partial charge in [-0.05, 0) is 45.3 Å². The Morgan fingerprint density at radius 3 is 2.50 bits per heavy atom. The van der Waals surface area contributed by atoms with E-state index in [-0.39, 0.29) is 0 Å². The van der Waals surface area contributed by atoms with E-state index in [1.54, 1.807) is 0 Å². The molecule has 0 aromatic rings. The van der Waals surface area contributed by atoms with Crippen molar-refractivity contribution in [3.8, 4) is 0 Å². The van der Waals surface area contributed by atoms with Crippen molar-refractivity contribution < 1.29 is 0 Å². The Kier molecular flexibility index (Phi) is 4.02. The lowest BCUT2D eigenvalue weighted by molar-refractivity contribution is 0.195. The van der Waals surface area contributed by atoms with Crippen molar-refractivity contribution in [3.63, 3.8) is 0 Å². The van der Waals surface area contributed by atoms with Crippen LogP contribution in [0.1, 0.15) is 32.6 Å². The molecule has 1 heterocycles. The minimum Gasteiger partial charge on any atom is -0.327 e. The molecule has 0 aromatic heterocycles. The molecule has 0 spiro atoms. The van der Waals surface area contributed by atoms with E-state index in [2.05, 4.69) is 18.9 Å². The molecule has 1 saturated heterocycles. The third kappa shape index (κ3) is 2.76. The second-order valence-electron chi connectivity index (χ2n) is 4.09. The average Bonchev–Trinajstić information content (AvgIpc) is 2.06.